The van der Waals surface area contributed by atoms with Crippen LogP contribution in [0.4, 0.5) is 15.8 Å². The zero-order chi connectivity index (χ0) is 27.8. The predicted molar refractivity (Wildman–Crippen MR) is 157 cm³/mol. The Morgan fingerprint density at radius 1 is 1.10 bits per heavy atom. The number of hydrogen-bond acceptors (Lipinski definition) is 4. The number of pyridine rings is 1. The lowest BCUT2D eigenvalue weighted by Crippen LogP contribution is -2.48. The third-order valence-corrected chi connectivity index (χ3v) is 7.75. The Morgan fingerprint density at radius 3 is 2.49 bits per heavy atom. The van der Waals surface area contributed by atoms with E-state index in [-0.39, 0.29) is 17.0 Å². The van der Waals surface area contributed by atoms with Gasteiger partial charge in [-0.25, -0.2) is 4.39 Å². The summed E-state index contributed by atoms with van der Waals surface area (Å²) < 4.78 is 17.6. The van der Waals surface area contributed by atoms with Crippen LogP contribution in [0.5, 0.6) is 0 Å². The molecule has 0 saturated carbocycles. The van der Waals surface area contributed by atoms with Crippen molar-refractivity contribution in [3.8, 4) is 16.8 Å². The molecule has 200 valence electrons. The number of anilines is 2. The molecule has 1 aliphatic rings. The number of fused-ring (bicyclic) bond motifs is 1. The van der Waals surface area contributed by atoms with Crippen LogP contribution in [0, 0.1) is 12.7 Å². The predicted octanol–water partition coefficient (Wildman–Crippen LogP) is 5.74. The van der Waals surface area contributed by atoms with Gasteiger partial charge >= 0.3 is 0 Å². The lowest BCUT2D eigenvalue weighted by Gasteiger charge is -2.36. The van der Waals surface area contributed by atoms with Gasteiger partial charge in [0.05, 0.1) is 21.9 Å². The zero-order valence-electron chi connectivity index (χ0n) is 22.0. The number of carbonyl (C=O) groups excluding carboxylic acids is 1. The number of nitrogen functional groups attached to an aromatic ring is 1. The van der Waals surface area contributed by atoms with E-state index in [9.17, 15) is 9.59 Å². The van der Waals surface area contributed by atoms with Crippen molar-refractivity contribution >= 4 is 39.8 Å². The van der Waals surface area contributed by atoms with Gasteiger partial charge in [0.15, 0.2) is 0 Å². The molecular weight excluding hydrogens is 515 g/mol. The summed E-state index contributed by atoms with van der Waals surface area (Å²) >= 11 is 6.49. The summed E-state index contributed by atoms with van der Waals surface area (Å²) in [6.07, 6.45) is 2.02. The smallest absolute Gasteiger partial charge is 0.257 e. The van der Waals surface area contributed by atoms with E-state index in [0.717, 1.165) is 23.2 Å². The Kier molecular flexibility index (Phi) is 7.19. The van der Waals surface area contributed by atoms with E-state index in [1.807, 2.05) is 36.9 Å². The van der Waals surface area contributed by atoms with Gasteiger partial charge in [-0.15, -0.1) is 0 Å². The third kappa shape index (κ3) is 4.68. The summed E-state index contributed by atoms with van der Waals surface area (Å²) in [4.78, 5) is 29.8. The molecule has 39 heavy (non-hydrogen) atoms. The number of benzene rings is 3. The fraction of sp³-hybridized carbons (Fsp3) is 0.226. The van der Waals surface area contributed by atoms with Crippen molar-refractivity contribution in [2.45, 2.75) is 20.3 Å². The Labute approximate surface area is 231 Å². The van der Waals surface area contributed by atoms with E-state index in [0.29, 0.717) is 59.0 Å². The number of nitrogens with two attached hydrogens (primary N) is 1. The molecule has 0 radical (unpaired) electrons. The van der Waals surface area contributed by atoms with Crippen molar-refractivity contribution in [1.82, 2.24) is 9.47 Å². The van der Waals surface area contributed by atoms with E-state index in [1.165, 1.54) is 12.1 Å². The van der Waals surface area contributed by atoms with Gasteiger partial charge in [-0.1, -0.05) is 49.4 Å². The van der Waals surface area contributed by atoms with Crippen molar-refractivity contribution in [3.05, 3.63) is 99.6 Å². The number of nitrogens with zero attached hydrogens (tertiary/aromatic N) is 3. The molecule has 3 aromatic carbocycles. The third-order valence-electron chi connectivity index (χ3n) is 7.43. The second kappa shape index (κ2) is 10.6. The highest BCUT2D eigenvalue weighted by Crippen LogP contribution is 2.39. The zero-order valence-corrected chi connectivity index (χ0v) is 22.8. The maximum Gasteiger partial charge on any atom is 0.257 e. The van der Waals surface area contributed by atoms with E-state index in [2.05, 4.69) is 6.58 Å². The Balaban J connectivity index is 1.80. The van der Waals surface area contributed by atoms with Crippen molar-refractivity contribution in [3.63, 3.8) is 0 Å². The minimum Gasteiger partial charge on any atom is -0.398 e. The highest BCUT2D eigenvalue weighted by molar-refractivity contribution is 6.34. The molecule has 0 aliphatic carbocycles. The van der Waals surface area contributed by atoms with Gasteiger partial charge in [-0.05, 0) is 54.8 Å². The average Bonchev–Trinajstić information content (AvgIpc) is 2.93. The van der Waals surface area contributed by atoms with E-state index < -0.39 is 5.82 Å². The van der Waals surface area contributed by atoms with Crippen LogP contribution in [0.3, 0.4) is 0 Å². The van der Waals surface area contributed by atoms with E-state index >= 15 is 4.39 Å². The van der Waals surface area contributed by atoms with Crippen LogP contribution in [-0.2, 0) is 11.2 Å². The number of aromatic nitrogens is 1. The van der Waals surface area contributed by atoms with Gasteiger partial charge in [0.2, 0.25) is 5.91 Å². The Hall–Kier alpha value is -4.10. The lowest BCUT2D eigenvalue weighted by atomic mass is 9.99. The first-order valence-corrected chi connectivity index (χ1v) is 13.3. The highest BCUT2D eigenvalue weighted by Gasteiger charge is 2.25. The van der Waals surface area contributed by atoms with Crippen LogP contribution in [0.1, 0.15) is 18.1 Å². The van der Waals surface area contributed by atoms with Gasteiger partial charge < -0.3 is 15.5 Å². The minimum absolute atomic E-state index is 0.130. The molecular formula is C31H30ClFN4O2. The Bertz CT molecular complexity index is 1650. The quantitative estimate of drug-likeness (QED) is 0.257. The second-order valence-corrected chi connectivity index (χ2v) is 10.1. The topological polar surface area (TPSA) is 71.6 Å². The van der Waals surface area contributed by atoms with E-state index in [1.54, 1.807) is 39.8 Å². The number of rotatable bonds is 5. The fourth-order valence-corrected chi connectivity index (χ4v) is 5.74. The molecule has 1 fully saturated rings. The molecule has 1 aromatic heterocycles. The minimum atomic E-state index is -0.491. The maximum absolute atomic E-state index is 15.9. The van der Waals surface area contributed by atoms with Gasteiger partial charge in [-0.3, -0.25) is 14.2 Å². The number of hydrogen-bond donors (Lipinski definition) is 1. The first kappa shape index (κ1) is 26.5. The number of para-hydroxylation sites is 1. The molecule has 0 unspecified atom stereocenters. The summed E-state index contributed by atoms with van der Waals surface area (Å²) in [5, 5.41) is 0.918. The van der Waals surface area contributed by atoms with Crippen molar-refractivity contribution in [1.29, 1.82) is 0 Å². The maximum atomic E-state index is 15.9. The molecule has 0 bridgehead atoms. The number of carbonyl (C=O) groups is 1. The molecule has 2 N–H and O–H groups in total. The fourth-order valence-electron chi connectivity index (χ4n) is 5.46. The first-order valence-electron chi connectivity index (χ1n) is 12.9. The van der Waals surface area contributed by atoms with Crippen LogP contribution in [0.25, 0.3) is 27.7 Å². The number of aryl methyl sites for hydroxylation is 2. The molecule has 2 heterocycles. The molecule has 0 atom stereocenters. The van der Waals surface area contributed by atoms with Gasteiger partial charge in [0, 0.05) is 54.4 Å². The first-order chi connectivity index (χ1) is 18.7. The van der Waals surface area contributed by atoms with Crippen molar-refractivity contribution in [2.75, 3.05) is 36.8 Å². The SMILES string of the molecule is C=CC(=O)N1CCN(c2cc(=O)n(-c3c(C)cccc3CC)c3cc(-c4c(N)cccc4Cl)c(F)cc23)CC1. The summed E-state index contributed by atoms with van der Waals surface area (Å²) in [5.74, 6) is -0.621. The van der Waals surface area contributed by atoms with Crippen LogP contribution >= 0.6 is 11.6 Å². The molecule has 4 aromatic rings. The molecule has 0 spiro atoms. The van der Waals surface area contributed by atoms with Crippen LogP contribution in [0.2, 0.25) is 5.02 Å². The summed E-state index contributed by atoms with van der Waals surface area (Å²) in [6, 6.07) is 15.7. The van der Waals surface area contributed by atoms with Gasteiger partial charge in [-0.2, -0.15) is 0 Å². The molecule has 6 nitrogen and oxygen atoms in total. The standard InChI is InChI=1S/C31H30ClFN4O2/c1-4-20-9-6-8-19(3)31(20)37-27-17-21(30-23(32)10-7-11-25(30)34)24(33)16-22(27)26(18-29(37)39)35-12-14-36(15-13-35)28(38)5-2/h5-11,16-18H,2,4,12-15,34H2,1,3H3. The van der Waals surface area contributed by atoms with Crippen LogP contribution in [-0.4, -0.2) is 41.6 Å². The summed E-state index contributed by atoms with van der Waals surface area (Å²) in [5.41, 5.74) is 10.9. The number of halogens is 2. The van der Waals surface area contributed by atoms with Crippen molar-refractivity contribution in [2.24, 2.45) is 0 Å². The molecule has 8 heteroatoms. The highest BCUT2D eigenvalue weighted by atomic mass is 35.5. The normalized spacial score (nSPS) is 13.6. The van der Waals surface area contributed by atoms with Gasteiger partial charge in [0.1, 0.15) is 5.82 Å². The second-order valence-electron chi connectivity index (χ2n) is 9.71. The van der Waals surface area contributed by atoms with Crippen LogP contribution < -0.4 is 16.2 Å². The molecule has 1 saturated heterocycles. The largest absolute Gasteiger partial charge is 0.398 e. The Morgan fingerprint density at radius 2 is 1.82 bits per heavy atom. The van der Waals surface area contributed by atoms with E-state index in [4.69, 9.17) is 17.3 Å². The monoisotopic (exact) mass is 544 g/mol. The number of piperazine rings is 1. The summed E-state index contributed by atoms with van der Waals surface area (Å²) in [6.45, 7) is 9.54. The lowest BCUT2D eigenvalue weighted by molar-refractivity contribution is -0.126. The molecule has 1 amide bonds. The summed E-state index contributed by atoms with van der Waals surface area (Å²) in [7, 11) is 0. The average molecular weight is 545 g/mol. The van der Waals surface area contributed by atoms with Crippen molar-refractivity contribution < 1.29 is 9.18 Å². The van der Waals surface area contributed by atoms with Crippen LogP contribution in [0.15, 0.2) is 72.0 Å². The molecule has 5 rings (SSSR count). The number of amides is 1. The van der Waals surface area contributed by atoms with Gasteiger partial charge in [0.25, 0.3) is 5.56 Å². The molecule has 1 aliphatic heterocycles.